The molecule has 10 nitrogen and oxygen atoms in total. The molecule has 0 unspecified atom stereocenters. The third-order valence-electron chi connectivity index (χ3n) is 2.63. The number of aromatic nitrogens is 1. The number of halogens is 1. The van der Waals surface area contributed by atoms with Gasteiger partial charge in [-0.15, -0.1) is 0 Å². The second-order valence-corrected chi connectivity index (χ2v) is 6.50. The Morgan fingerprint density at radius 1 is 1.23 bits per heavy atom. The van der Waals surface area contributed by atoms with Crippen LogP contribution < -0.4 is 16.0 Å². The van der Waals surface area contributed by atoms with Gasteiger partial charge in [0.25, 0.3) is 0 Å². The number of nitrogens with zero attached hydrogens (tertiary/aromatic N) is 1. The van der Waals surface area contributed by atoms with Crippen molar-refractivity contribution in [3.05, 3.63) is 23.4 Å². The molecule has 11 heteroatoms. The number of nitrogens with one attached hydrogen (secondary N) is 3. The van der Waals surface area contributed by atoms with Gasteiger partial charge < -0.3 is 25.8 Å². The van der Waals surface area contributed by atoms with Gasteiger partial charge in [-0.2, -0.15) is 0 Å². The van der Waals surface area contributed by atoms with E-state index in [4.69, 9.17) is 21.4 Å². The fourth-order valence-corrected chi connectivity index (χ4v) is 1.66. The highest BCUT2D eigenvalue weighted by molar-refractivity contribution is 6.39. The van der Waals surface area contributed by atoms with Crippen LogP contribution in [-0.4, -0.2) is 52.2 Å². The maximum atomic E-state index is 11.7. The number of hydrogen-bond donors (Lipinski definition) is 4. The van der Waals surface area contributed by atoms with Crippen molar-refractivity contribution in [3.8, 4) is 0 Å². The molecule has 1 aromatic heterocycles. The monoisotopic (exact) mass is 386 g/mol. The lowest BCUT2D eigenvalue weighted by atomic mass is 10.2. The maximum absolute atomic E-state index is 11.7. The number of hydrogen-bond acceptors (Lipinski definition) is 6. The highest BCUT2D eigenvalue weighted by atomic mass is 35.5. The van der Waals surface area contributed by atoms with Gasteiger partial charge in [0.05, 0.1) is 5.02 Å². The van der Waals surface area contributed by atoms with E-state index in [0.717, 1.165) is 0 Å². The molecule has 1 aromatic rings. The molecule has 0 radical (unpaired) electrons. The molecule has 0 saturated carbocycles. The zero-order valence-corrected chi connectivity index (χ0v) is 15.1. The summed E-state index contributed by atoms with van der Waals surface area (Å²) in [6, 6.07) is 1.38. The van der Waals surface area contributed by atoms with E-state index in [-0.39, 0.29) is 5.82 Å². The van der Waals surface area contributed by atoms with Crippen LogP contribution >= 0.6 is 11.6 Å². The van der Waals surface area contributed by atoms with Crippen LogP contribution in [0.1, 0.15) is 20.8 Å². The van der Waals surface area contributed by atoms with Gasteiger partial charge in [0.2, 0.25) is 0 Å². The Bertz CT molecular complexity index is 686. The van der Waals surface area contributed by atoms with Crippen molar-refractivity contribution in [1.29, 1.82) is 0 Å². The molecule has 1 rings (SSSR count). The first-order valence-electron chi connectivity index (χ1n) is 7.41. The standard InChI is InChI=1S/C15H19ClN4O6/c1-15(2,3)26-14(25)19-9(13(23)24)7-18-11(21)12(22)20-10-5-4-8(16)6-17-10/h4-6,9H,7H2,1-3H3,(H,18,21)(H,19,25)(H,23,24)(H,17,20,22)/t9-/m0/s1. The highest BCUT2D eigenvalue weighted by Gasteiger charge is 2.25. The number of rotatable bonds is 5. The molecular formula is C15H19ClN4O6. The molecule has 0 fully saturated rings. The first-order chi connectivity index (χ1) is 12.0. The van der Waals surface area contributed by atoms with Crippen LogP contribution in [0.2, 0.25) is 5.02 Å². The van der Waals surface area contributed by atoms with Crippen molar-refractivity contribution in [2.24, 2.45) is 0 Å². The average molecular weight is 387 g/mol. The Hall–Kier alpha value is -2.88. The molecule has 0 bridgehead atoms. The third kappa shape index (κ3) is 7.79. The molecule has 0 aliphatic carbocycles. The number of amides is 3. The molecule has 0 saturated heterocycles. The number of carbonyl (C=O) groups is 4. The van der Waals surface area contributed by atoms with Crippen molar-refractivity contribution in [1.82, 2.24) is 15.6 Å². The van der Waals surface area contributed by atoms with Gasteiger partial charge in [0.1, 0.15) is 17.5 Å². The van der Waals surface area contributed by atoms with Crippen LogP contribution in [0.5, 0.6) is 0 Å². The Morgan fingerprint density at radius 3 is 2.38 bits per heavy atom. The van der Waals surface area contributed by atoms with E-state index in [2.05, 4.69) is 20.9 Å². The first-order valence-corrected chi connectivity index (χ1v) is 7.79. The molecule has 0 aliphatic rings. The van der Waals surface area contributed by atoms with Gasteiger partial charge in [-0.1, -0.05) is 11.6 Å². The van der Waals surface area contributed by atoms with E-state index >= 15 is 0 Å². The molecule has 3 amide bonds. The number of aliphatic carboxylic acids is 1. The minimum Gasteiger partial charge on any atom is -0.480 e. The number of carboxylic acids is 1. The smallest absolute Gasteiger partial charge is 0.408 e. The van der Waals surface area contributed by atoms with Crippen LogP contribution in [0, 0.1) is 0 Å². The highest BCUT2D eigenvalue weighted by Crippen LogP contribution is 2.09. The SMILES string of the molecule is CC(C)(C)OC(=O)N[C@@H](CNC(=O)C(=O)Nc1ccc(Cl)cn1)C(=O)O. The lowest BCUT2D eigenvalue weighted by Gasteiger charge is -2.22. The van der Waals surface area contributed by atoms with Crippen molar-refractivity contribution >= 4 is 41.3 Å². The fraction of sp³-hybridized carbons (Fsp3) is 0.400. The van der Waals surface area contributed by atoms with Gasteiger partial charge in [-0.25, -0.2) is 14.6 Å². The van der Waals surface area contributed by atoms with E-state index in [9.17, 15) is 19.2 Å². The van der Waals surface area contributed by atoms with E-state index in [0.29, 0.717) is 5.02 Å². The molecule has 1 heterocycles. The normalized spacial score (nSPS) is 11.8. The predicted molar refractivity (Wildman–Crippen MR) is 91.7 cm³/mol. The summed E-state index contributed by atoms with van der Waals surface area (Å²) in [7, 11) is 0. The van der Waals surface area contributed by atoms with E-state index < -0.39 is 42.1 Å². The van der Waals surface area contributed by atoms with Crippen molar-refractivity contribution < 1.29 is 29.0 Å². The second kappa shape index (κ2) is 8.99. The lowest BCUT2D eigenvalue weighted by Crippen LogP contribution is -2.51. The second-order valence-electron chi connectivity index (χ2n) is 6.06. The van der Waals surface area contributed by atoms with Crippen LogP contribution in [0.3, 0.4) is 0 Å². The maximum Gasteiger partial charge on any atom is 0.408 e. The zero-order chi connectivity index (χ0) is 19.9. The molecular weight excluding hydrogens is 368 g/mol. The average Bonchev–Trinajstić information content (AvgIpc) is 2.51. The summed E-state index contributed by atoms with van der Waals surface area (Å²) in [5.41, 5.74) is -0.818. The Balaban J connectivity index is 2.55. The quantitative estimate of drug-likeness (QED) is 0.546. The van der Waals surface area contributed by atoms with Crippen molar-refractivity contribution in [3.63, 3.8) is 0 Å². The van der Waals surface area contributed by atoms with Crippen LogP contribution in [0.15, 0.2) is 18.3 Å². The van der Waals surface area contributed by atoms with E-state index in [1.807, 2.05) is 0 Å². The van der Waals surface area contributed by atoms with Gasteiger partial charge >= 0.3 is 23.9 Å². The predicted octanol–water partition coefficient (Wildman–Crippen LogP) is 0.768. The van der Waals surface area contributed by atoms with Crippen molar-refractivity contribution in [2.75, 3.05) is 11.9 Å². The molecule has 0 aliphatic heterocycles. The summed E-state index contributed by atoms with van der Waals surface area (Å²) in [6.45, 7) is 4.31. The fourth-order valence-electron chi connectivity index (χ4n) is 1.55. The van der Waals surface area contributed by atoms with Gasteiger partial charge in [0.15, 0.2) is 0 Å². The topological polar surface area (TPSA) is 147 Å². The third-order valence-corrected chi connectivity index (χ3v) is 2.85. The largest absolute Gasteiger partial charge is 0.480 e. The molecule has 142 valence electrons. The minimum absolute atomic E-state index is 0.0937. The molecule has 4 N–H and O–H groups in total. The summed E-state index contributed by atoms with van der Waals surface area (Å²) in [4.78, 5) is 50.0. The Labute approximate surface area is 154 Å². The van der Waals surface area contributed by atoms with E-state index in [1.54, 1.807) is 20.8 Å². The van der Waals surface area contributed by atoms with E-state index in [1.165, 1.54) is 18.3 Å². The van der Waals surface area contributed by atoms with Crippen molar-refractivity contribution in [2.45, 2.75) is 32.4 Å². The summed E-state index contributed by atoms with van der Waals surface area (Å²) >= 11 is 5.65. The van der Waals surface area contributed by atoms with Gasteiger partial charge in [-0.05, 0) is 32.9 Å². The first kappa shape index (κ1) is 21.2. The number of alkyl carbamates (subject to hydrolysis) is 1. The lowest BCUT2D eigenvalue weighted by molar-refractivity contribution is -0.140. The number of ether oxygens (including phenoxy) is 1. The number of pyridine rings is 1. The summed E-state index contributed by atoms with van der Waals surface area (Å²) < 4.78 is 4.94. The molecule has 0 spiro atoms. The number of carbonyl (C=O) groups excluding carboxylic acids is 3. The molecule has 0 aromatic carbocycles. The Morgan fingerprint density at radius 2 is 1.88 bits per heavy atom. The zero-order valence-electron chi connectivity index (χ0n) is 14.3. The molecule has 26 heavy (non-hydrogen) atoms. The van der Waals surface area contributed by atoms with Crippen LogP contribution in [0.4, 0.5) is 10.6 Å². The van der Waals surface area contributed by atoms with Crippen LogP contribution in [0.25, 0.3) is 0 Å². The van der Waals surface area contributed by atoms with Gasteiger partial charge in [-0.3, -0.25) is 9.59 Å². The summed E-state index contributed by atoms with van der Waals surface area (Å²) in [5, 5.41) is 15.9. The summed E-state index contributed by atoms with van der Waals surface area (Å²) in [5.74, 6) is -3.47. The number of carboxylic acid groups (broad SMARTS) is 1. The molecule has 1 atom stereocenters. The van der Waals surface area contributed by atoms with Crippen LogP contribution in [-0.2, 0) is 19.1 Å². The minimum atomic E-state index is -1.48. The summed E-state index contributed by atoms with van der Waals surface area (Å²) in [6.07, 6.45) is 0.314. The number of anilines is 1. The van der Waals surface area contributed by atoms with Gasteiger partial charge in [0, 0.05) is 12.7 Å². The Kier molecular flexibility index (Phi) is 7.32.